The number of aromatic hydroxyl groups is 2. The minimum Gasteiger partial charge on any atom is -0.507 e. The number of phenolic OH excluding ortho intramolecular Hbond substituents is 2. The average molecular weight is 573 g/mol. The lowest BCUT2D eigenvalue weighted by atomic mass is 9.72. The number of aliphatic hydroxyl groups is 1. The smallest absolute Gasteiger partial charge is 0.201 e. The van der Waals surface area contributed by atoms with Gasteiger partial charge in [0, 0.05) is 50.7 Å². The van der Waals surface area contributed by atoms with E-state index in [1.807, 2.05) is 0 Å². The van der Waals surface area contributed by atoms with E-state index >= 15 is 0 Å². The van der Waals surface area contributed by atoms with Gasteiger partial charge in [-0.25, -0.2) is 0 Å². The summed E-state index contributed by atoms with van der Waals surface area (Å²) in [6.07, 6.45) is -6.56. The largest absolute Gasteiger partial charge is 0.507 e. The van der Waals surface area contributed by atoms with Crippen molar-refractivity contribution < 1.29 is 58.1 Å². The number of fused-ring (bicyclic) bond motifs is 3. The Morgan fingerprint density at radius 2 is 1.49 bits per heavy atom. The maximum absolute atomic E-state index is 13.6. The molecule has 12 heteroatoms. The number of benzene rings is 2. The van der Waals surface area contributed by atoms with Crippen molar-refractivity contribution in [3.05, 3.63) is 57.6 Å². The van der Waals surface area contributed by atoms with Crippen molar-refractivity contribution in [3.63, 3.8) is 0 Å². The highest BCUT2D eigenvalue weighted by Gasteiger charge is 2.56. The maximum Gasteiger partial charge on any atom is 0.201 e. The number of carbonyl (C=O) groups excluding carboxylic acids is 3. The van der Waals surface area contributed by atoms with Crippen LogP contribution in [0.1, 0.15) is 67.7 Å². The molecule has 2 aliphatic carbocycles. The molecule has 2 aromatic rings. The van der Waals surface area contributed by atoms with Crippen molar-refractivity contribution in [1.82, 2.24) is 0 Å². The highest BCUT2D eigenvalue weighted by Crippen LogP contribution is 2.49. The molecule has 0 amide bonds. The first-order chi connectivity index (χ1) is 19.4. The van der Waals surface area contributed by atoms with Crippen LogP contribution in [0.15, 0.2) is 24.3 Å². The zero-order chi connectivity index (χ0) is 30.0. The van der Waals surface area contributed by atoms with Crippen molar-refractivity contribution in [3.8, 4) is 11.5 Å². The Hall–Kier alpha value is -3.23. The minimum absolute atomic E-state index is 0.0785. The number of methoxy groups -OCH3 is 4. The van der Waals surface area contributed by atoms with Gasteiger partial charge in [0.25, 0.3) is 0 Å². The van der Waals surface area contributed by atoms with Gasteiger partial charge in [0.2, 0.25) is 5.78 Å². The minimum atomic E-state index is -2.18. The van der Waals surface area contributed by atoms with E-state index in [1.165, 1.54) is 53.6 Å². The van der Waals surface area contributed by atoms with Crippen LogP contribution < -0.4 is 0 Å². The number of carbonyl (C=O) groups is 3. The molecule has 5 rings (SSSR count). The van der Waals surface area contributed by atoms with Gasteiger partial charge in [0.15, 0.2) is 23.5 Å². The third-order valence-corrected chi connectivity index (χ3v) is 8.22. The molecule has 1 fully saturated rings. The summed E-state index contributed by atoms with van der Waals surface area (Å²) >= 11 is 0. The molecule has 0 radical (unpaired) electrons. The third kappa shape index (κ3) is 4.21. The molecule has 0 unspecified atom stereocenters. The summed E-state index contributed by atoms with van der Waals surface area (Å²) in [5.74, 6) is -3.49. The molecule has 2 aromatic carbocycles. The first-order valence-corrected chi connectivity index (χ1v) is 12.9. The van der Waals surface area contributed by atoms with Crippen LogP contribution in [0.25, 0.3) is 0 Å². The summed E-state index contributed by atoms with van der Waals surface area (Å²) in [6.45, 7) is 2.98. The maximum atomic E-state index is 13.6. The Morgan fingerprint density at radius 3 is 2.10 bits per heavy atom. The van der Waals surface area contributed by atoms with Gasteiger partial charge in [-0.15, -0.1) is 0 Å². The number of ether oxygens (including phenoxy) is 6. The van der Waals surface area contributed by atoms with Crippen LogP contribution in [0.5, 0.6) is 11.5 Å². The SMILES string of the molecule is CO[C@@H]1[C@@H](OC)[C@H](C)O[C@@H](O[C@@H]2c3c(cc4c(c3O)C(=O)c3c(O)cccc3C4=O)C(=O)[C@@](C)(O)[C@H]2OC)[C@@H]1OC. The van der Waals surface area contributed by atoms with Crippen LogP contribution in [-0.4, -0.2) is 104 Å². The zero-order valence-electron chi connectivity index (χ0n) is 23.4. The molecule has 0 spiro atoms. The third-order valence-electron chi connectivity index (χ3n) is 8.22. The monoisotopic (exact) mass is 572 g/mol. The van der Waals surface area contributed by atoms with Gasteiger partial charge in [-0.1, -0.05) is 12.1 Å². The number of hydrogen-bond acceptors (Lipinski definition) is 12. The lowest BCUT2D eigenvalue weighted by Gasteiger charge is -2.47. The van der Waals surface area contributed by atoms with Crippen LogP contribution in [0, 0.1) is 0 Å². The van der Waals surface area contributed by atoms with E-state index in [0.717, 1.165) is 6.07 Å². The standard InChI is InChI=1S/C29H32O12/c1-11-22(36-3)24(37-4)25(38-5)28(40-11)41-23-18-14(26(34)29(2,35)27(23)39-6)10-13-17(21(18)33)20(32)16-12(19(13)31)8-7-9-15(16)30/h7-11,22-25,27-28,30,33,35H,1-6H3/t11-,22-,23+,24+,25+,27-,28-,29+/m0/s1. The van der Waals surface area contributed by atoms with E-state index in [0.29, 0.717) is 0 Å². The fraction of sp³-hybridized carbons (Fsp3) is 0.483. The fourth-order valence-corrected chi connectivity index (χ4v) is 6.22. The number of ketones is 3. The molecule has 0 saturated carbocycles. The van der Waals surface area contributed by atoms with E-state index in [9.17, 15) is 29.7 Å². The molecule has 1 aliphatic heterocycles. The number of phenols is 2. The molecule has 0 bridgehead atoms. The Balaban J connectivity index is 1.69. The fourth-order valence-electron chi connectivity index (χ4n) is 6.22. The molecule has 41 heavy (non-hydrogen) atoms. The van der Waals surface area contributed by atoms with Crippen LogP contribution in [0.4, 0.5) is 0 Å². The van der Waals surface area contributed by atoms with Crippen LogP contribution in [0.2, 0.25) is 0 Å². The van der Waals surface area contributed by atoms with Crippen LogP contribution in [0.3, 0.4) is 0 Å². The highest BCUT2D eigenvalue weighted by atomic mass is 16.7. The first-order valence-electron chi connectivity index (χ1n) is 12.9. The molecule has 0 aromatic heterocycles. The lowest BCUT2D eigenvalue weighted by molar-refractivity contribution is -0.326. The topological polar surface area (TPSA) is 167 Å². The second-order valence-corrected chi connectivity index (χ2v) is 10.5. The Kier molecular flexibility index (Phi) is 7.53. The van der Waals surface area contributed by atoms with Gasteiger partial charge < -0.3 is 43.7 Å². The predicted molar refractivity (Wildman–Crippen MR) is 139 cm³/mol. The number of rotatable bonds is 6. The molecule has 8 atom stereocenters. The predicted octanol–water partition coefficient (Wildman–Crippen LogP) is 1.68. The lowest BCUT2D eigenvalue weighted by Crippen LogP contribution is -2.61. The zero-order valence-corrected chi connectivity index (χ0v) is 23.4. The Bertz CT molecular complexity index is 1410. The van der Waals surface area contributed by atoms with E-state index in [4.69, 9.17) is 28.4 Å². The number of hydrogen-bond donors (Lipinski definition) is 3. The molecule has 1 heterocycles. The van der Waals surface area contributed by atoms with E-state index < -0.39 is 82.9 Å². The molecule has 220 valence electrons. The molecular formula is C29H32O12. The van der Waals surface area contributed by atoms with Crippen molar-refractivity contribution >= 4 is 17.3 Å². The second kappa shape index (κ2) is 10.6. The Labute approximate surface area is 235 Å². The Morgan fingerprint density at radius 1 is 0.829 bits per heavy atom. The van der Waals surface area contributed by atoms with E-state index in [-0.39, 0.29) is 27.8 Å². The van der Waals surface area contributed by atoms with Crippen molar-refractivity contribution in [1.29, 1.82) is 0 Å². The quantitative estimate of drug-likeness (QED) is 0.392. The molecule has 1 saturated heterocycles. The van der Waals surface area contributed by atoms with Gasteiger partial charge in [0.1, 0.15) is 42.0 Å². The molecule has 3 N–H and O–H groups in total. The van der Waals surface area contributed by atoms with Gasteiger partial charge in [0.05, 0.1) is 17.2 Å². The summed E-state index contributed by atoms with van der Waals surface area (Å²) in [7, 11) is 5.65. The van der Waals surface area contributed by atoms with Crippen molar-refractivity contribution in [2.75, 3.05) is 28.4 Å². The second-order valence-electron chi connectivity index (χ2n) is 10.5. The summed E-state index contributed by atoms with van der Waals surface area (Å²) < 4.78 is 34.8. The van der Waals surface area contributed by atoms with Crippen LogP contribution >= 0.6 is 0 Å². The van der Waals surface area contributed by atoms with Gasteiger partial charge in [-0.3, -0.25) is 14.4 Å². The first kappa shape index (κ1) is 29.3. The van der Waals surface area contributed by atoms with Crippen molar-refractivity contribution in [2.45, 2.75) is 62.4 Å². The van der Waals surface area contributed by atoms with Crippen molar-refractivity contribution in [2.24, 2.45) is 0 Å². The molecule has 12 nitrogen and oxygen atoms in total. The number of Topliss-reactive ketones (excluding diaryl/α,β-unsaturated/α-hetero) is 1. The van der Waals surface area contributed by atoms with Gasteiger partial charge in [-0.05, 0) is 26.0 Å². The van der Waals surface area contributed by atoms with Gasteiger partial charge in [-0.2, -0.15) is 0 Å². The summed E-state index contributed by atoms with van der Waals surface area (Å²) in [6, 6.07) is 5.19. The summed E-state index contributed by atoms with van der Waals surface area (Å²) in [5, 5.41) is 33.4. The summed E-state index contributed by atoms with van der Waals surface area (Å²) in [4.78, 5) is 40.6. The van der Waals surface area contributed by atoms with Gasteiger partial charge >= 0.3 is 0 Å². The van der Waals surface area contributed by atoms with E-state index in [2.05, 4.69) is 0 Å². The molecular weight excluding hydrogens is 540 g/mol. The highest BCUT2D eigenvalue weighted by molar-refractivity contribution is 6.31. The molecule has 3 aliphatic rings. The van der Waals surface area contributed by atoms with E-state index in [1.54, 1.807) is 6.92 Å². The summed E-state index contributed by atoms with van der Waals surface area (Å²) in [5.41, 5.74) is -3.59. The normalized spacial score (nSPS) is 32.9. The van der Waals surface area contributed by atoms with Crippen LogP contribution in [-0.2, 0) is 28.4 Å². The average Bonchev–Trinajstić information content (AvgIpc) is 2.93.